The summed E-state index contributed by atoms with van der Waals surface area (Å²) in [6.07, 6.45) is 0.467. The molecule has 0 saturated heterocycles. The Balaban J connectivity index is 2.56. The highest BCUT2D eigenvalue weighted by molar-refractivity contribution is 5.75. The van der Waals surface area contributed by atoms with E-state index in [1.54, 1.807) is 7.05 Å². The van der Waals surface area contributed by atoms with Crippen molar-refractivity contribution >= 4 is 5.91 Å². The maximum atomic E-state index is 11.6. The predicted molar refractivity (Wildman–Crippen MR) is 59.3 cm³/mol. The van der Waals surface area contributed by atoms with Crippen molar-refractivity contribution in [1.29, 1.82) is 0 Å². The van der Waals surface area contributed by atoms with Crippen LogP contribution in [0.1, 0.15) is 24.8 Å². The van der Waals surface area contributed by atoms with E-state index in [1.165, 1.54) is 17.7 Å². The third-order valence-corrected chi connectivity index (χ3v) is 2.47. The fraction of sp³-hybridized carbons (Fsp3) is 0.417. The van der Waals surface area contributed by atoms with E-state index < -0.39 is 0 Å². The van der Waals surface area contributed by atoms with E-state index in [9.17, 15) is 4.79 Å². The summed E-state index contributed by atoms with van der Waals surface area (Å²) in [6.45, 7) is 2.04. The molecule has 1 rings (SSSR count). The van der Waals surface area contributed by atoms with Gasteiger partial charge in [-0.2, -0.15) is 0 Å². The number of hydrogen-bond donors (Lipinski definition) is 0. The summed E-state index contributed by atoms with van der Waals surface area (Å²) in [6, 6.07) is 10.0. The fourth-order valence-corrected chi connectivity index (χ4v) is 1.39. The van der Waals surface area contributed by atoms with Crippen molar-refractivity contribution in [3.63, 3.8) is 0 Å². The smallest absolute Gasteiger partial charge is 0.246 e. The van der Waals surface area contributed by atoms with Gasteiger partial charge in [-0.3, -0.25) is 9.63 Å². The van der Waals surface area contributed by atoms with E-state index in [2.05, 4.69) is 0 Å². The minimum atomic E-state index is -0.00569. The summed E-state index contributed by atoms with van der Waals surface area (Å²) in [5, 5.41) is 1.26. The molecule has 0 aromatic heterocycles. The maximum Gasteiger partial charge on any atom is 0.246 e. The Kier molecular flexibility index (Phi) is 4.31. The van der Waals surface area contributed by atoms with Gasteiger partial charge < -0.3 is 0 Å². The van der Waals surface area contributed by atoms with E-state index in [-0.39, 0.29) is 11.8 Å². The van der Waals surface area contributed by atoms with Gasteiger partial charge in [-0.1, -0.05) is 37.3 Å². The van der Waals surface area contributed by atoms with Gasteiger partial charge in [-0.15, -0.1) is 0 Å². The Morgan fingerprint density at radius 3 is 2.53 bits per heavy atom. The molecule has 0 spiro atoms. The van der Waals surface area contributed by atoms with Gasteiger partial charge in [0.2, 0.25) is 5.91 Å². The van der Waals surface area contributed by atoms with Crippen LogP contribution in [0.3, 0.4) is 0 Å². The van der Waals surface area contributed by atoms with Crippen molar-refractivity contribution in [2.24, 2.45) is 0 Å². The zero-order valence-corrected chi connectivity index (χ0v) is 9.43. The number of carbonyl (C=O) groups is 1. The van der Waals surface area contributed by atoms with Crippen molar-refractivity contribution in [1.82, 2.24) is 5.06 Å². The monoisotopic (exact) mass is 207 g/mol. The zero-order valence-electron chi connectivity index (χ0n) is 9.43. The Hall–Kier alpha value is -1.35. The average molecular weight is 207 g/mol. The van der Waals surface area contributed by atoms with Gasteiger partial charge in [0.1, 0.15) is 0 Å². The molecule has 0 unspecified atom stereocenters. The molecule has 0 N–H and O–H groups in total. The molecule has 3 heteroatoms. The van der Waals surface area contributed by atoms with Crippen LogP contribution in [-0.4, -0.2) is 25.1 Å². The highest BCUT2D eigenvalue weighted by Gasteiger charge is 2.14. The number of nitrogens with zero attached hydrogens (tertiary/aromatic N) is 1. The molecule has 0 bridgehead atoms. The van der Waals surface area contributed by atoms with Gasteiger partial charge in [0, 0.05) is 13.5 Å². The maximum absolute atomic E-state index is 11.6. The molecule has 1 amide bonds. The standard InChI is InChI=1S/C12H17NO2/c1-10(9-12(14)13(2)15-3)11-7-5-4-6-8-11/h4-8,10H,9H2,1-3H3/t10-/m1/s1. The van der Waals surface area contributed by atoms with Crippen molar-refractivity contribution in [3.8, 4) is 0 Å². The van der Waals surface area contributed by atoms with Gasteiger partial charge in [-0.25, -0.2) is 5.06 Å². The highest BCUT2D eigenvalue weighted by Crippen LogP contribution is 2.19. The van der Waals surface area contributed by atoms with Crippen LogP contribution < -0.4 is 0 Å². The number of benzene rings is 1. The van der Waals surface area contributed by atoms with Gasteiger partial charge >= 0.3 is 0 Å². The van der Waals surface area contributed by atoms with Gasteiger partial charge in [0.15, 0.2) is 0 Å². The third-order valence-electron chi connectivity index (χ3n) is 2.47. The molecule has 1 aromatic carbocycles. The number of amides is 1. The molecule has 1 atom stereocenters. The molecule has 3 nitrogen and oxygen atoms in total. The van der Waals surface area contributed by atoms with E-state index >= 15 is 0 Å². The molecule has 15 heavy (non-hydrogen) atoms. The fourth-order valence-electron chi connectivity index (χ4n) is 1.39. The predicted octanol–water partition coefficient (Wildman–Crippen LogP) is 2.20. The lowest BCUT2D eigenvalue weighted by molar-refractivity contribution is -0.169. The molecule has 1 aromatic rings. The van der Waals surface area contributed by atoms with Crippen LogP contribution in [0.5, 0.6) is 0 Å². The second-order valence-corrected chi connectivity index (χ2v) is 3.59. The average Bonchev–Trinajstić information content (AvgIpc) is 2.29. The number of rotatable bonds is 4. The Labute approximate surface area is 90.6 Å². The first-order chi connectivity index (χ1) is 7.15. The Bertz CT molecular complexity index is 311. The van der Waals surface area contributed by atoms with Gasteiger partial charge in [-0.05, 0) is 11.5 Å². The second-order valence-electron chi connectivity index (χ2n) is 3.59. The number of carbonyl (C=O) groups excluding carboxylic acids is 1. The lowest BCUT2D eigenvalue weighted by Gasteiger charge is -2.17. The quantitative estimate of drug-likeness (QED) is 0.708. The third kappa shape index (κ3) is 3.36. The summed E-state index contributed by atoms with van der Waals surface area (Å²) < 4.78 is 0. The van der Waals surface area contributed by atoms with Crippen molar-refractivity contribution in [3.05, 3.63) is 35.9 Å². The van der Waals surface area contributed by atoms with E-state index in [0.29, 0.717) is 6.42 Å². The minimum Gasteiger partial charge on any atom is -0.275 e. The van der Waals surface area contributed by atoms with Crippen molar-refractivity contribution in [2.45, 2.75) is 19.3 Å². The molecular formula is C12H17NO2. The van der Waals surface area contributed by atoms with Crippen LogP contribution >= 0.6 is 0 Å². The number of hydrogen-bond acceptors (Lipinski definition) is 2. The summed E-state index contributed by atoms with van der Waals surface area (Å²) in [5.74, 6) is 0.213. The van der Waals surface area contributed by atoms with E-state index in [4.69, 9.17) is 4.84 Å². The van der Waals surface area contributed by atoms with E-state index in [1.807, 2.05) is 37.3 Å². The van der Waals surface area contributed by atoms with Gasteiger partial charge in [0.25, 0.3) is 0 Å². The molecule has 0 saturated carbocycles. The summed E-state index contributed by atoms with van der Waals surface area (Å²) in [7, 11) is 3.12. The zero-order chi connectivity index (χ0) is 11.3. The molecule has 0 fully saturated rings. The first-order valence-corrected chi connectivity index (χ1v) is 5.00. The molecule has 0 aliphatic rings. The topological polar surface area (TPSA) is 29.5 Å². The molecule has 0 aliphatic carbocycles. The van der Waals surface area contributed by atoms with Crippen molar-refractivity contribution < 1.29 is 9.63 Å². The minimum absolute atomic E-state index is 0.00569. The summed E-state index contributed by atoms with van der Waals surface area (Å²) in [4.78, 5) is 16.4. The first-order valence-electron chi connectivity index (χ1n) is 5.00. The van der Waals surface area contributed by atoms with Crippen LogP contribution in [0.15, 0.2) is 30.3 Å². The molecule has 0 heterocycles. The van der Waals surface area contributed by atoms with Gasteiger partial charge in [0.05, 0.1) is 7.11 Å². The Morgan fingerprint density at radius 2 is 2.00 bits per heavy atom. The summed E-state index contributed by atoms with van der Waals surface area (Å²) in [5.41, 5.74) is 1.18. The normalized spacial score (nSPS) is 12.2. The number of hydroxylamine groups is 2. The summed E-state index contributed by atoms with van der Waals surface area (Å²) >= 11 is 0. The lowest BCUT2D eigenvalue weighted by Crippen LogP contribution is -2.26. The highest BCUT2D eigenvalue weighted by atomic mass is 16.7. The first kappa shape index (κ1) is 11.7. The van der Waals surface area contributed by atoms with Crippen LogP contribution in [0.2, 0.25) is 0 Å². The SMILES string of the molecule is CON(C)C(=O)C[C@@H](C)c1ccccc1. The van der Waals surface area contributed by atoms with Crippen LogP contribution in [0.25, 0.3) is 0 Å². The largest absolute Gasteiger partial charge is 0.275 e. The van der Waals surface area contributed by atoms with E-state index in [0.717, 1.165) is 0 Å². The Morgan fingerprint density at radius 1 is 1.40 bits per heavy atom. The molecule has 0 radical (unpaired) electrons. The lowest BCUT2D eigenvalue weighted by atomic mass is 9.98. The van der Waals surface area contributed by atoms with Crippen molar-refractivity contribution in [2.75, 3.05) is 14.2 Å². The van der Waals surface area contributed by atoms with Crippen LogP contribution in [0.4, 0.5) is 0 Å². The molecular weight excluding hydrogens is 190 g/mol. The van der Waals surface area contributed by atoms with Crippen LogP contribution in [-0.2, 0) is 9.63 Å². The molecule has 82 valence electrons. The molecule has 0 aliphatic heterocycles. The van der Waals surface area contributed by atoms with Crippen LogP contribution in [0, 0.1) is 0 Å². The second kappa shape index (κ2) is 5.51.